The standard InChI is InChI=1S/C13H18N2O2S/c1-9(14)13(11-4-3-6-16-11)17-7-5-12-10(2)15-8-18-12/h3-4,6,8-9,13H,5,7,14H2,1-2H3. The fraction of sp³-hybridized carbons (Fsp3) is 0.462. The Hall–Kier alpha value is -1.17. The Labute approximate surface area is 111 Å². The number of aryl methyl sites for hydroxylation is 1. The first kappa shape index (κ1) is 13.3. The average Bonchev–Trinajstić information content (AvgIpc) is 2.96. The van der Waals surface area contributed by atoms with E-state index in [1.807, 2.05) is 31.5 Å². The van der Waals surface area contributed by atoms with Gasteiger partial charge in [-0.3, -0.25) is 0 Å². The summed E-state index contributed by atoms with van der Waals surface area (Å²) in [6, 6.07) is 3.65. The molecule has 0 saturated heterocycles. The summed E-state index contributed by atoms with van der Waals surface area (Å²) in [4.78, 5) is 5.48. The zero-order valence-electron chi connectivity index (χ0n) is 10.6. The third kappa shape index (κ3) is 3.19. The van der Waals surface area contributed by atoms with Gasteiger partial charge >= 0.3 is 0 Å². The molecule has 0 aromatic carbocycles. The Morgan fingerprint density at radius 1 is 1.56 bits per heavy atom. The van der Waals surface area contributed by atoms with Crippen molar-refractivity contribution < 1.29 is 9.15 Å². The van der Waals surface area contributed by atoms with Crippen molar-refractivity contribution in [3.05, 3.63) is 40.2 Å². The molecule has 0 bridgehead atoms. The zero-order chi connectivity index (χ0) is 13.0. The van der Waals surface area contributed by atoms with Crippen molar-refractivity contribution >= 4 is 11.3 Å². The number of nitrogens with zero attached hydrogens (tertiary/aromatic N) is 1. The largest absolute Gasteiger partial charge is 0.467 e. The van der Waals surface area contributed by atoms with E-state index in [-0.39, 0.29) is 12.1 Å². The van der Waals surface area contributed by atoms with Crippen LogP contribution in [0.25, 0.3) is 0 Å². The number of hydrogen-bond acceptors (Lipinski definition) is 5. The summed E-state index contributed by atoms with van der Waals surface area (Å²) in [5.74, 6) is 0.783. The maximum absolute atomic E-state index is 5.92. The molecule has 0 spiro atoms. The molecule has 0 aliphatic heterocycles. The second kappa shape index (κ2) is 6.13. The third-order valence-electron chi connectivity index (χ3n) is 2.77. The van der Waals surface area contributed by atoms with E-state index in [2.05, 4.69) is 4.98 Å². The molecule has 2 heterocycles. The minimum atomic E-state index is -0.187. The molecule has 0 saturated carbocycles. The fourth-order valence-electron chi connectivity index (χ4n) is 1.79. The van der Waals surface area contributed by atoms with E-state index in [4.69, 9.17) is 14.9 Å². The lowest BCUT2D eigenvalue weighted by Gasteiger charge is -2.19. The van der Waals surface area contributed by atoms with E-state index in [9.17, 15) is 0 Å². The third-order valence-corrected chi connectivity index (χ3v) is 3.77. The Bertz CT molecular complexity index is 465. The number of rotatable bonds is 6. The number of nitrogens with two attached hydrogens (primary N) is 1. The van der Waals surface area contributed by atoms with E-state index in [1.54, 1.807) is 17.6 Å². The normalized spacial score (nSPS) is 14.6. The van der Waals surface area contributed by atoms with Gasteiger partial charge in [-0.25, -0.2) is 4.98 Å². The monoisotopic (exact) mass is 266 g/mol. The summed E-state index contributed by atoms with van der Waals surface area (Å²) in [5.41, 5.74) is 8.87. The highest BCUT2D eigenvalue weighted by Gasteiger charge is 2.19. The van der Waals surface area contributed by atoms with Crippen molar-refractivity contribution in [1.82, 2.24) is 4.98 Å². The molecular formula is C13H18N2O2S. The fourth-order valence-corrected chi connectivity index (χ4v) is 2.55. The maximum Gasteiger partial charge on any atom is 0.134 e. The van der Waals surface area contributed by atoms with Crippen LogP contribution in [0.4, 0.5) is 0 Å². The van der Waals surface area contributed by atoms with Crippen LogP contribution in [0.5, 0.6) is 0 Å². The highest BCUT2D eigenvalue weighted by atomic mass is 32.1. The van der Waals surface area contributed by atoms with E-state index < -0.39 is 0 Å². The van der Waals surface area contributed by atoms with Crippen molar-refractivity contribution in [2.75, 3.05) is 6.61 Å². The minimum absolute atomic E-state index is 0.0984. The molecule has 4 nitrogen and oxygen atoms in total. The van der Waals surface area contributed by atoms with Crippen LogP contribution in [0, 0.1) is 6.92 Å². The van der Waals surface area contributed by atoms with Crippen LogP contribution in [-0.4, -0.2) is 17.6 Å². The van der Waals surface area contributed by atoms with Crippen molar-refractivity contribution in [2.45, 2.75) is 32.4 Å². The molecule has 2 aromatic rings. The molecule has 0 amide bonds. The first-order chi connectivity index (χ1) is 8.68. The van der Waals surface area contributed by atoms with Crippen molar-refractivity contribution in [3.63, 3.8) is 0 Å². The molecule has 0 fully saturated rings. The van der Waals surface area contributed by atoms with Gasteiger partial charge in [0.25, 0.3) is 0 Å². The summed E-state index contributed by atoms with van der Waals surface area (Å²) in [7, 11) is 0. The van der Waals surface area contributed by atoms with Crippen LogP contribution < -0.4 is 5.73 Å². The van der Waals surface area contributed by atoms with E-state index >= 15 is 0 Å². The molecular weight excluding hydrogens is 248 g/mol. The highest BCUT2D eigenvalue weighted by Crippen LogP contribution is 2.21. The lowest BCUT2D eigenvalue weighted by Crippen LogP contribution is -2.27. The summed E-state index contributed by atoms with van der Waals surface area (Å²) in [5, 5.41) is 0. The summed E-state index contributed by atoms with van der Waals surface area (Å²) in [6.45, 7) is 4.56. The summed E-state index contributed by atoms with van der Waals surface area (Å²) in [6.07, 6.45) is 2.31. The van der Waals surface area contributed by atoms with E-state index in [1.165, 1.54) is 4.88 Å². The number of furan rings is 1. The number of hydrogen-bond donors (Lipinski definition) is 1. The van der Waals surface area contributed by atoms with E-state index in [0.717, 1.165) is 17.9 Å². The molecule has 2 rings (SSSR count). The Morgan fingerprint density at radius 2 is 2.39 bits per heavy atom. The van der Waals surface area contributed by atoms with Crippen molar-refractivity contribution in [2.24, 2.45) is 5.73 Å². The summed E-state index contributed by atoms with van der Waals surface area (Å²) < 4.78 is 11.2. The molecule has 0 radical (unpaired) electrons. The quantitative estimate of drug-likeness (QED) is 0.873. The molecule has 2 N–H and O–H groups in total. The van der Waals surface area contributed by atoms with Gasteiger partial charge in [-0.2, -0.15) is 0 Å². The van der Waals surface area contributed by atoms with Crippen LogP contribution in [0.2, 0.25) is 0 Å². The van der Waals surface area contributed by atoms with Crippen LogP contribution in [0.15, 0.2) is 28.3 Å². The first-order valence-corrected chi connectivity index (χ1v) is 6.86. The molecule has 2 unspecified atom stereocenters. The number of thiazole rings is 1. The maximum atomic E-state index is 5.92. The van der Waals surface area contributed by atoms with Gasteiger partial charge in [0.2, 0.25) is 0 Å². The van der Waals surface area contributed by atoms with Gasteiger partial charge in [-0.05, 0) is 26.0 Å². The first-order valence-electron chi connectivity index (χ1n) is 5.98. The van der Waals surface area contributed by atoms with Gasteiger partial charge in [0.1, 0.15) is 11.9 Å². The Morgan fingerprint density at radius 3 is 2.94 bits per heavy atom. The lowest BCUT2D eigenvalue weighted by molar-refractivity contribution is 0.0258. The predicted octanol–water partition coefficient (Wildman–Crippen LogP) is 2.69. The van der Waals surface area contributed by atoms with Gasteiger partial charge in [-0.15, -0.1) is 11.3 Å². The van der Waals surface area contributed by atoms with Gasteiger partial charge in [0.15, 0.2) is 0 Å². The van der Waals surface area contributed by atoms with Crippen LogP contribution in [0.3, 0.4) is 0 Å². The average molecular weight is 266 g/mol. The van der Waals surface area contributed by atoms with Crippen LogP contribution in [-0.2, 0) is 11.2 Å². The molecule has 0 aliphatic carbocycles. The molecule has 2 aromatic heterocycles. The van der Waals surface area contributed by atoms with Gasteiger partial charge in [0.05, 0.1) is 24.1 Å². The van der Waals surface area contributed by atoms with Gasteiger partial charge in [-0.1, -0.05) is 0 Å². The van der Waals surface area contributed by atoms with Gasteiger partial charge < -0.3 is 14.9 Å². The molecule has 0 aliphatic rings. The number of ether oxygens (including phenoxy) is 1. The van der Waals surface area contributed by atoms with Crippen molar-refractivity contribution in [3.8, 4) is 0 Å². The highest BCUT2D eigenvalue weighted by molar-refractivity contribution is 7.09. The van der Waals surface area contributed by atoms with Gasteiger partial charge in [0, 0.05) is 17.3 Å². The molecule has 18 heavy (non-hydrogen) atoms. The second-order valence-electron chi connectivity index (χ2n) is 4.28. The molecule has 2 atom stereocenters. The summed E-state index contributed by atoms with van der Waals surface area (Å²) >= 11 is 1.66. The van der Waals surface area contributed by atoms with Crippen LogP contribution in [0.1, 0.15) is 29.4 Å². The SMILES string of the molecule is Cc1ncsc1CCOC(c1ccco1)C(C)N. The number of aromatic nitrogens is 1. The minimum Gasteiger partial charge on any atom is -0.467 e. The lowest BCUT2D eigenvalue weighted by atomic mass is 10.1. The second-order valence-corrected chi connectivity index (χ2v) is 5.22. The van der Waals surface area contributed by atoms with Crippen LogP contribution >= 0.6 is 11.3 Å². The zero-order valence-corrected chi connectivity index (χ0v) is 11.4. The Kier molecular flexibility index (Phi) is 4.52. The molecule has 5 heteroatoms. The molecule has 98 valence electrons. The topological polar surface area (TPSA) is 61.3 Å². The van der Waals surface area contributed by atoms with E-state index in [0.29, 0.717) is 6.61 Å². The van der Waals surface area contributed by atoms with Crippen molar-refractivity contribution in [1.29, 1.82) is 0 Å². The Balaban J connectivity index is 1.89. The smallest absolute Gasteiger partial charge is 0.134 e. The predicted molar refractivity (Wildman–Crippen MR) is 71.6 cm³/mol.